The van der Waals surface area contributed by atoms with Crippen molar-refractivity contribution in [1.82, 2.24) is 9.97 Å². The standard InChI is InChI=1S/C12H14N2OS3/c1-5(2)7-3-6-8(4-15-7)18-11-9(6)10(16)13-12(17)14-11/h5,7H,3-4H2,1-2H3,(H2,13,14,16,17)/p-1/t7-/m1/s1. The fraction of sp³-hybridized carbons (Fsp3) is 0.500. The van der Waals surface area contributed by atoms with E-state index in [1.54, 1.807) is 11.3 Å². The third kappa shape index (κ3) is 1.97. The van der Waals surface area contributed by atoms with Crippen molar-refractivity contribution in [1.29, 1.82) is 0 Å². The summed E-state index contributed by atoms with van der Waals surface area (Å²) >= 11 is 12.1. The molecule has 0 aliphatic carbocycles. The summed E-state index contributed by atoms with van der Waals surface area (Å²) in [5, 5.41) is 1.79. The van der Waals surface area contributed by atoms with Crippen LogP contribution in [0.25, 0.3) is 10.2 Å². The molecule has 2 aromatic heterocycles. The molecule has 0 aromatic carbocycles. The second kappa shape index (κ2) is 4.52. The van der Waals surface area contributed by atoms with Gasteiger partial charge in [0, 0.05) is 16.7 Å². The maximum atomic E-state index is 5.88. The van der Waals surface area contributed by atoms with Gasteiger partial charge in [0.25, 0.3) is 0 Å². The van der Waals surface area contributed by atoms with Gasteiger partial charge in [0.2, 0.25) is 0 Å². The fourth-order valence-electron chi connectivity index (χ4n) is 2.29. The molecule has 1 aliphatic rings. The summed E-state index contributed by atoms with van der Waals surface area (Å²) in [6.45, 7) is 5.04. The lowest BCUT2D eigenvalue weighted by Gasteiger charge is -2.26. The Morgan fingerprint density at radius 3 is 3.06 bits per heavy atom. The summed E-state index contributed by atoms with van der Waals surface area (Å²) in [5.74, 6) is 0.511. The number of hydrogen-bond acceptors (Lipinski definition) is 5. The van der Waals surface area contributed by atoms with Crippen LogP contribution < -0.4 is 0 Å². The zero-order valence-corrected chi connectivity index (χ0v) is 12.6. The highest BCUT2D eigenvalue weighted by Gasteiger charge is 2.25. The van der Waals surface area contributed by atoms with Crippen LogP contribution in [0.4, 0.5) is 0 Å². The maximum Gasteiger partial charge on any atom is 0.196 e. The average molecular weight is 297 g/mol. The van der Waals surface area contributed by atoms with Crippen LogP contribution in [0.3, 0.4) is 0 Å². The van der Waals surface area contributed by atoms with Crippen molar-refractivity contribution in [2.75, 3.05) is 0 Å². The van der Waals surface area contributed by atoms with E-state index < -0.39 is 0 Å². The minimum absolute atomic E-state index is 0.271. The van der Waals surface area contributed by atoms with Crippen molar-refractivity contribution in [2.45, 2.75) is 38.0 Å². The van der Waals surface area contributed by atoms with Crippen LogP contribution >= 0.6 is 23.6 Å². The molecular weight excluding hydrogens is 284 g/mol. The highest BCUT2D eigenvalue weighted by molar-refractivity contribution is 7.71. The molecule has 18 heavy (non-hydrogen) atoms. The molecule has 0 radical (unpaired) electrons. The minimum Gasteiger partial charge on any atom is -0.762 e. The number of thiophene rings is 1. The number of hydrogen-bond donors (Lipinski definition) is 1. The molecule has 0 saturated heterocycles. The predicted octanol–water partition coefficient (Wildman–Crippen LogP) is 3.36. The fourth-order valence-corrected chi connectivity index (χ4v) is 4.12. The number of rotatable bonds is 1. The van der Waals surface area contributed by atoms with Crippen LogP contribution in [0.1, 0.15) is 24.3 Å². The Bertz CT molecular complexity index is 659. The van der Waals surface area contributed by atoms with E-state index in [1.165, 1.54) is 10.4 Å². The van der Waals surface area contributed by atoms with E-state index in [0.717, 1.165) is 16.6 Å². The number of H-pyrrole nitrogens is 1. The van der Waals surface area contributed by atoms with E-state index >= 15 is 0 Å². The molecule has 1 atom stereocenters. The van der Waals surface area contributed by atoms with Crippen LogP contribution in [0.2, 0.25) is 0 Å². The summed E-state index contributed by atoms with van der Waals surface area (Å²) in [5.41, 5.74) is 1.31. The lowest BCUT2D eigenvalue weighted by atomic mass is 9.96. The Hall–Kier alpha value is -0.560. The molecule has 0 amide bonds. The third-order valence-corrected chi connectivity index (χ3v) is 4.90. The van der Waals surface area contributed by atoms with E-state index in [4.69, 9.17) is 29.6 Å². The molecule has 3 rings (SSSR count). The first-order chi connectivity index (χ1) is 8.56. The molecule has 0 spiro atoms. The molecule has 1 N–H and O–H groups in total. The van der Waals surface area contributed by atoms with E-state index in [0.29, 0.717) is 22.3 Å². The summed E-state index contributed by atoms with van der Waals surface area (Å²) in [6, 6.07) is 0. The van der Waals surface area contributed by atoms with Crippen LogP contribution in [0, 0.1) is 10.7 Å². The Balaban J connectivity index is 2.18. The van der Waals surface area contributed by atoms with Crippen molar-refractivity contribution >= 4 is 46.4 Å². The number of aromatic amines is 1. The van der Waals surface area contributed by atoms with Crippen molar-refractivity contribution < 1.29 is 4.74 Å². The first kappa shape index (κ1) is 12.5. The molecule has 1 aliphatic heterocycles. The van der Waals surface area contributed by atoms with Crippen molar-refractivity contribution in [3.05, 3.63) is 15.2 Å². The van der Waals surface area contributed by atoms with Gasteiger partial charge in [-0.15, -0.1) is 11.3 Å². The smallest absolute Gasteiger partial charge is 0.196 e. The number of ether oxygens (including phenoxy) is 1. The Kier molecular flexibility index (Phi) is 3.13. The second-order valence-corrected chi connectivity index (χ2v) is 6.73. The molecular formula is C12H13N2OS3-. The third-order valence-electron chi connectivity index (χ3n) is 3.30. The van der Waals surface area contributed by atoms with Crippen molar-refractivity contribution in [2.24, 2.45) is 5.92 Å². The molecule has 3 heterocycles. The molecule has 0 fully saturated rings. The molecule has 0 saturated carbocycles. The quantitative estimate of drug-likeness (QED) is 0.497. The van der Waals surface area contributed by atoms with Gasteiger partial charge >= 0.3 is 0 Å². The number of aromatic nitrogens is 2. The molecule has 0 bridgehead atoms. The lowest BCUT2D eigenvalue weighted by molar-refractivity contribution is 0.00199. The van der Waals surface area contributed by atoms with Gasteiger partial charge in [-0.1, -0.05) is 18.9 Å². The first-order valence-electron chi connectivity index (χ1n) is 5.89. The number of nitrogens with zero attached hydrogens (tertiary/aromatic N) is 1. The van der Waals surface area contributed by atoms with E-state index in [2.05, 4.69) is 23.8 Å². The minimum atomic E-state index is 0.271. The van der Waals surface area contributed by atoms with Crippen LogP contribution in [-0.4, -0.2) is 16.1 Å². The Morgan fingerprint density at radius 1 is 1.56 bits per heavy atom. The Labute approximate surface area is 120 Å². The van der Waals surface area contributed by atoms with Crippen LogP contribution in [0.5, 0.6) is 0 Å². The van der Waals surface area contributed by atoms with Crippen molar-refractivity contribution in [3.63, 3.8) is 0 Å². The molecule has 0 unspecified atom stereocenters. The van der Waals surface area contributed by atoms with Crippen LogP contribution in [-0.2, 0) is 30.4 Å². The second-order valence-electron chi connectivity index (χ2n) is 4.85. The normalized spacial score (nSPS) is 19.4. The van der Waals surface area contributed by atoms with Crippen molar-refractivity contribution in [3.8, 4) is 0 Å². The lowest BCUT2D eigenvalue weighted by Crippen LogP contribution is -2.26. The zero-order valence-electron chi connectivity index (χ0n) is 10.1. The topological polar surface area (TPSA) is 37.9 Å². The average Bonchev–Trinajstić information content (AvgIpc) is 2.65. The molecule has 6 heteroatoms. The van der Waals surface area contributed by atoms with Gasteiger partial charge in [0.05, 0.1) is 12.7 Å². The Morgan fingerprint density at radius 2 is 2.33 bits per heavy atom. The largest absolute Gasteiger partial charge is 0.762 e. The molecule has 2 aromatic rings. The van der Waals surface area contributed by atoms with E-state index in [9.17, 15) is 0 Å². The highest BCUT2D eigenvalue weighted by atomic mass is 32.1. The number of nitrogens with one attached hydrogen (secondary N) is 1. The summed E-state index contributed by atoms with van der Waals surface area (Å²) in [4.78, 5) is 9.54. The predicted molar refractivity (Wildman–Crippen MR) is 77.6 cm³/mol. The first-order valence-corrected chi connectivity index (χ1v) is 7.52. The van der Waals surface area contributed by atoms with Gasteiger partial charge in [-0.25, -0.2) is 4.98 Å². The van der Waals surface area contributed by atoms with Gasteiger partial charge in [-0.3, -0.25) is 0 Å². The van der Waals surface area contributed by atoms with Gasteiger partial charge in [-0.05, 0) is 23.7 Å². The van der Waals surface area contributed by atoms with E-state index in [-0.39, 0.29) is 6.10 Å². The maximum absolute atomic E-state index is 5.88. The highest BCUT2D eigenvalue weighted by Crippen LogP contribution is 2.37. The van der Waals surface area contributed by atoms with Gasteiger partial charge in [0.15, 0.2) is 4.77 Å². The summed E-state index contributed by atoms with van der Waals surface area (Å²) < 4.78 is 6.34. The molecule has 3 nitrogen and oxygen atoms in total. The number of fused-ring (bicyclic) bond motifs is 3. The van der Waals surface area contributed by atoms with Gasteiger partial charge < -0.3 is 22.3 Å². The molecule has 96 valence electrons. The summed E-state index contributed by atoms with van der Waals surface area (Å²) in [6.07, 6.45) is 1.19. The van der Waals surface area contributed by atoms with Gasteiger partial charge in [0.1, 0.15) is 4.83 Å². The van der Waals surface area contributed by atoms with Crippen LogP contribution in [0.15, 0.2) is 5.03 Å². The zero-order chi connectivity index (χ0) is 12.9. The monoisotopic (exact) mass is 297 g/mol. The van der Waals surface area contributed by atoms with Gasteiger partial charge in [-0.2, -0.15) is 0 Å². The summed E-state index contributed by atoms with van der Waals surface area (Å²) in [7, 11) is 0. The van der Waals surface area contributed by atoms with E-state index in [1.807, 2.05) is 0 Å². The SMILES string of the molecule is CC(C)[C@H]1Cc2c(sc3nc(=S)[nH]c([S-])c23)CO1.